The van der Waals surface area contributed by atoms with Crippen molar-refractivity contribution in [3.63, 3.8) is 0 Å². The maximum absolute atomic E-state index is 12.9. The summed E-state index contributed by atoms with van der Waals surface area (Å²) >= 11 is 0. The predicted molar refractivity (Wildman–Crippen MR) is 121 cm³/mol. The Bertz CT molecular complexity index is 970. The van der Waals surface area contributed by atoms with E-state index in [1.54, 1.807) is 18.2 Å². The molecule has 0 aromatic heterocycles. The molecule has 0 spiro atoms. The number of carbonyl (C=O) groups is 5. The number of benzene rings is 1. The van der Waals surface area contributed by atoms with E-state index in [2.05, 4.69) is 10.6 Å². The van der Waals surface area contributed by atoms with Crippen molar-refractivity contribution in [3.8, 4) is 0 Å². The van der Waals surface area contributed by atoms with Gasteiger partial charge in [-0.15, -0.1) is 0 Å². The van der Waals surface area contributed by atoms with Crippen LogP contribution in [0.1, 0.15) is 78.5 Å². The van der Waals surface area contributed by atoms with Gasteiger partial charge in [-0.05, 0) is 56.7 Å². The number of nitrogens with one attached hydrogen (secondary N) is 2. The van der Waals surface area contributed by atoms with Crippen LogP contribution >= 0.6 is 0 Å². The van der Waals surface area contributed by atoms with Crippen LogP contribution in [0.25, 0.3) is 0 Å². The van der Waals surface area contributed by atoms with Gasteiger partial charge in [0.25, 0.3) is 11.8 Å². The summed E-state index contributed by atoms with van der Waals surface area (Å²) < 4.78 is 0. The highest BCUT2D eigenvalue weighted by Gasteiger charge is 2.44. The first-order valence-electron chi connectivity index (χ1n) is 11.8. The standard InChI is InChI=1S/C24H30N4O5/c29-20-11-10-19(22(31)26-20)28-23(32)17-9-8-16(15-18(17)24(28)33)25-12-4-1-3-7-21(30)27-13-5-2-6-14-27/h8-9,15,19,25H,1-7,10-14H2,(H,26,29,31). The van der Waals surface area contributed by atoms with Crippen LogP contribution in [0, 0.1) is 0 Å². The normalized spacial score (nSPS) is 20.7. The number of hydrogen-bond donors (Lipinski definition) is 2. The van der Waals surface area contributed by atoms with Gasteiger partial charge in [0.1, 0.15) is 6.04 Å². The van der Waals surface area contributed by atoms with E-state index in [9.17, 15) is 24.0 Å². The Balaban J connectivity index is 1.25. The Hall–Kier alpha value is -3.23. The predicted octanol–water partition coefficient (Wildman–Crippen LogP) is 2.07. The van der Waals surface area contributed by atoms with Crippen LogP contribution in [0.2, 0.25) is 0 Å². The summed E-state index contributed by atoms with van der Waals surface area (Å²) in [6.45, 7) is 2.47. The Labute approximate surface area is 192 Å². The van der Waals surface area contributed by atoms with E-state index in [0.29, 0.717) is 13.0 Å². The monoisotopic (exact) mass is 454 g/mol. The van der Waals surface area contributed by atoms with Crippen LogP contribution in [0.15, 0.2) is 18.2 Å². The zero-order chi connectivity index (χ0) is 23.4. The first-order valence-corrected chi connectivity index (χ1v) is 11.8. The number of piperidine rings is 2. The van der Waals surface area contributed by atoms with Gasteiger partial charge in [-0.2, -0.15) is 0 Å². The molecule has 0 bridgehead atoms. The molecule has 0 saturated carbocycles. The van der Waals surface area contributed by atoms with Crippen molar-refractivity contribution in [3.05, 3.63) is 29.3 Å². The average Bonchev–Trinajstić information content (AvgIpc) is 3.06. The second-order valence-corrected chi connectivity index (χ2v) is 8.89. The molecular formula is C24H30N4O5. The maximum Gasteiger partial charge on any atom is 0.262 e. The van der Waals surface area contributed by atoms with E-state index in [4.69, 9.17) is 0 Å². The van der Waals surface area contributed by atoms with Crippen molar-refractivity contribution in [1.82, 2.24) is 15.1 Å². The summed E-state index contributed by atoms with van der Waals surface area (Å²) in [7, 11) is 0. The minimum Gasteiger partial charge on any atom is -0.385 e. The van der Waals surface area contributed by atoms with Gasteiger partial charge >= 0.3 is 0 Å². The van der Waals surface area contributed by atoms with E-state index >= 15 is 0 Å². The van der Waals surface area contributed by atoms with Gasteiger partial charge in [-0.3, -0.25) is 34.2 Å². The van der Waals surface area contributed by atoms with Crippen molar-refractivity contribution in [2.24, 2.45) is 0 Å². The Kier molecular flexibility index (Phi) is 7.05. The number of carbonyl (C=O) groups excluding carboxylic acids is 5. The van der Waals surface area contributed by atoms with Crippen molar-refractivity contribution >= 4 is 35.2 Å². The quantitative estimate of drug-likeness (QED) is 0.459. The molecular weight excluding hydrogens is 424 g/mol. The highest BCUT2D eigenvalue weighted by Crippen LogP contribution is 2.29. The molecule has 0 aliphatic carbocycles. The van der Waals surface area contributed by atoms with E-state index in [1.807, 2.05) is 4.90 Å². The maximum atomic E-state index is 12.9. The molecule has 33 heavy (non-hydrogen) atoms. The topological polar surface area (TPSA) is 116 Å². The van der Waals surface area contributed by atoms with Crippen LogP contribution in [0.4, 0.5) is 5.69 Å². The number of unbranched alkanes of at least 4 members (excludes halogenated alkanes) is 2. The zero-order valence-corrected chi connectivity index (χ0v) is 18.7. The molecule has 2 N–H and O–H groups in total. The van der Waals surface area contributed by atoms with Gasteiger partial charge in [0.15, 0.2) is 0 Å². The molecule has 1 aromatic carbocycles. The lowest BCUT2D eigenvalue weighted by Crippen LogP contribution is -2.54. The molecule has 1 unspecified atom stereocenters. The third-order valence-electron chi connectivity index (χ3n) is 6.55. The Morgan fingerprint density at radius 2 is 1.73 bits per heavy atom. The summed E-state index contributed by atoms with van der Waals surface area (Å²) in [4.78, 5) is 64.3. The summed E-state index contributed by atoms with van der Waals surface area (Å²) in [6.07, 6.45) is 6.93. The SMILES string of the molecule is O=C1CCC(N2C(=O)c3ccc(NCCCCCC(=O)N4CCCCC4)cc3C2=O)C(=O)N1. The lowest BCUT2D eigenvalue weighted by molar-refractivity contribution is -0.136. The average molecular weight is 455 g/mol. The number of anilines is 1. The number of hydrogen-bond acceptors (Lipinski definition) is 6. The smallest absolute Gasteiger partial charge is 0.262 e. The largest absolute Gasteiger partial charge is 0.385 e. The van der Waals surface area contributed by atoms with Crippen molar-refractivity contribution in [2.45, 2.75) is 63.8 Å². The van der Waals surface area contributed by atoms with Gasteiger partial charge in [-0.25, -0.2) is 0 Å². The first kappa shape index (κ1) is 22.9. The minimum absolute atomic E-state index is 0.0975. The molecule has 176 valence electrons. The van der Waals surface area contributed by atoms with Gasteiger partial charge in [0.05, 0.1) is 11.1 Å². The number of nitrogens with zero attached hydrogens (tertiary/aromatic N) is 2. The summed E-state index contributed by atoms with van der Waals surface area (Å²) in [5.41, 5.74) is 1.26. The van der Waals surface area contributed by atoms with Crippen LogP contribution in [0.5, 0.6) is 0 Å². The van der Waals surface area contributed by atoms with E-state index in [1.165, 1.54) is 6.42 Å². The van der Waals surface area contributed by atoms with Gasteiger partial charge in [-0.1, -0.05) is 6.42 Å². The third-order valence-corrected chi connectivity index (χ3v) is 6.55. The highest BCUT2D eigenvalue weighted by molar-refractivity contribution is 6.23. The second-order valence-electron chi connectivity index (χ2n) is 8.89. The molecule has 1 aromatic rings. The van der Waals surface area contributed by atoms with Crippen molar-refractivity contribution < 1.29 is 24.0 Å². The lowest BCUT2D eigenvalue weighted by Gasteiger charge is -2.27. The van der Waals surface area contributed by atoms with Crippen molar-refractivity contribution in [1.29, 1.82) is 0 Å². The molecule has 9 nitrogen and oxygen atoms in total. The fourth-order valence-electron chi connectivity index (χ4n) is 4.69. The van der Waals surface area contributed by atoms with Crippen LogP contribution in [0.3, 0.4) is 0 Å². The summed E-state index contributed by atoms with van der Waals surface area (Å²) in [6, 6.07) is 4.03. The zero-order valence-electron chi connectivity index (χ0n) is 18.7. The van der Waals surface area contributed by atoms with Crippen LogP contribution < -0.4 is 10.6 Å². The molecule has 0 radical (unpaired) electrons. The molecule has 3 aliphatic heterocycles. The number of amides is 5. The summed E-state index contributed by atoms with van der Waals surface area (Å²) in [5.74, 6) is -1.77. The van der Waals surface area contributed by atoms with Gasteiger partial charge in [0.2, 0.25) is 17.7 Å². The second kappa shape index (κ2) is 10.1. The van der Waals surface area contributed by atoms with Crippen LogP contribution in [-0.4, -0.2) is 65.0 Å². The molecule has 2 saturated heterocycles. The minimum atomic E-state index is -0.959. The number of rotatable bonds is 8. The third kappa shape index (κ3) is 5.07. The number of likely N-dealkylation sites (tertiary alicyclic amines) is 1. The number of fused-ring (bicyclic) bond motifs is 1. The first-order chi connectivity index (χ1) is 16.0. The molecule has 3 aliphatic rings. The van der Waals surface area contributed by atoms with Crippen molar-refractivity contribution in [2.75, 3.05) is 25.0 Å². The molecule has 9 heteroatoms. The fraction of sp³-hybridized carbons (Fsp3) is 0.542. The van der Waals surface area contributed by atoms with E-state index in [0.717, 1.165) is 55.8 Å². The Morgan fingerprint density at radius 3 is 2.48 bits per heavy atom. The lowest BCUT2D eigenvalue weighted by atomic mass is 10.0. The Morgan fingerprint density at radius 1 is 0.970 bits per heavy atom. The van der Waals surface area contributed by atoms with E-state index < -0.39 is 29.7 Å². The van der Waals surface area contributed by atoms with Gasteiger partial charge in [0, 0.05) is 38.2 Å². The van der Waals surface area contributed by atoms with Gasteiger partial charge < -0.3 is 10.2 Å². The number of imide groups is 2. The highest BCUT2D eigenvalue weighted by atomic mass is 16.2. The molecule has 1 atom stereocenters. The molecule has 4 rings (SSSR count). The fourth-order valence-corrected chi connectivity index (χ4v) is 4.69. The molecule has 2 fully saturated rings. The molecule has 3 heterocycles. The molecule has 5 amide bonds. The summed E-state index contributed by atoms with van der Waals surface area (Å²) in [5, 5.41) is 5.46. The van der Waals surface area contributed by atoms with E-state index in [-0.39, 0.29) is 29.9 Å². The van der Waals surface area contributed by atoms with Crippen LogP contribution in [-0.2, 0) is 14.4 Å².